The standard InChI is InChI=1S/C20H22ClN5O/c21-14-4-2-5-15(9-14)25-20-19-13(3-1-6-17(19)23-12-24-20)10-26-8-7-16(22)18(27)11-26/h1-6,9,12,16,18,27H,7-8,10-11,22H2,(H,23,24,25)/t16-,18-/m1/s1. The van der Waals surface area contributed by atoms with Crippen molar-refractivity contribution in [1.29, 1.82) is 0 Å². The molecule has 0 saturated carbocycles. The van der Waals surface area contributed by atoms with Gasteiger partial charge in [0.15, 0.2) is 0 Å². The zero-order valence-corrected chi connectivity index (χ0v) is 15.6. The van der Waals surface area contributed by atoms with E-state index in [1.165, 1.54) is 0 Å². The molecule has 1 aliphatic rings. The molecule has 1 aliphatic heterocycles. The molecule has 1 aromatic heterocycles. The minimum Gasteiger partial charge on any atom is -0.390 e. The molecule has 0 aliphatic carbocycles. The smallest absolute Gasteiger partial charge is 0.142 e. The van der Waals surface area contributed by atoms with E-state index in [-0.39, 0.29) is 6.04 Å². The number of hydrogen-bond donors (Lipinski definition) is 3. The van der Waals surface area contributed by atoms with E-state index in [9.17, 15) is 5.11 Å². The van der Waals surface area contributed by atoms with Crippen LogP contribution in [0.1, 0.15) is 12.0 Å². The lowest BCUT2D eigenvalue weighted by atomic mass is 10.0. The SMILES string of the molecule is N[C@@H]1CCN(Cc2cccc3ncnc(Nc4cccc(Cl)c4)c23)C[C@H]1O. The summed E-state index contributed by atoms with van der Waals surface area (Å²) in [7, 11) is 0. The van der Waals surface area contributed by atoms with E-state index in [4.69, 9.17) is 17.3 Å². The fraction of sp³-hybridized carbons (Fsp3) is 0.300. The van der Waals surface area contributed by atoms with Gasteiger partial charge < -0.3 is 16.2 Å². The molecule has 7 heteroatoms. The lowest BCUT2D eigenvalue weighted by molar-refractivity contribution is 0.0501. The molecule has 0 bridgehead atoms. The number of aliphatic hydroxyl groups is 1. The van der Waals surface area contributed by atoms with E-state index in [2.05, 4.69) is 26.3 Å². The van der Waals surface area contributed by atoms with Crippen molar-refractivity contribution < 1.29 is 5.11 Å². The maximum atomic E-state index is 10.1. The number of fused-ring (bicyclic) bond motifs is 1. The van der Waals surface area contributed by atoms with Crippen LogP contribution < -0.4 is 11.1 Å². The van der Waals surface area contributed by atoms with E-state index >= 15 is 0 Å². The fourth-order valence-electron chi connectivity index (χ4n) is 3.51. The second-order valence-electron chi connectivity index (χ2n) is 6.92. The molecule has 3 aromatic rings. The minimum absolute atomic E-state index is 0.142. The van der Waals surface area contributed by atoms with E-state index < -0.39 is 6.10 Å². The molecule has 2 heterocycles. The normalized spacial score (nSPS) is 20.7. The van der Waals surface area contributed by atoms with Gasteiger partial charge in [-0.25, -0.2) is 9.97 Å². The molecule has 2 aromatic carbocycles. The molecule has 0 unspecified atom stereocenters. The largest absolute Gasteiger partial charge is 0.390 e. The summed E-state index contributed by atoms with van der Waals surface area (Å²) in [6, 6.07) is 13.5. The van der Waals surface area contributed by atoms with Crippen molar-refractivity contribution >= 4 is 34.0 Å². The quantitative estimate of drug-likeness (QED) is 0.642. The van der Waals surface area contributed by atoms with Crippen LogP contribution in [0, 0.1) is 0 Å². The summed E-state index contributed by atoms with van der Waals surface area (Å²) in [5.74, 6) is 0.743. The maximum Gasteiger partial charge on any atom is 0.142 e. The number of aromatic nitrogens is 2. The lowest BCUT2D eigenvalue weighted by Gasteiger charge is -2.34. The molecule has 27 heavy (non-hydrogen) atoms. The first-order valence-electron chi connectivity index (χ1n) is 9.01. The Labute approximate surface area is 163 Å². The highest BCUT2D eigenvalue weighted by molar-refractivity contribution is 6.30. The average molecular weight is 384 g/mol. The first kappa shape index (κ1) is 18.1. The van der Waals surface area contributed by atoms with Crippen molar-refractivity contribution in [3.05, 3.63) is 59.4 Å². The number of benzene rings is 2. The van der Waals surface area contributed by atoms with Crippen molar-refractivity contribution in [3.63, 3.8) is 0 Å². The molecular formula is C20H22ClN5O. The van der Waals surface area contributed by atoms with E-state index in [1.54, 1.807) is 6.33 Å². The van der Waals surface area contributed by atoms with Gasteiger partial charge in [-0.05, 0) is 36.2 Å². The third kappa shape index (κ3) is 4.04. The average Bonchev–Trinajstić information content (AvgIpc) is 2.65. The number of β-amino-alcohol motifs (C(OH)–C–C–N with tert-alkyl or cyclic N) is 1. The first-order valence-corrected chi connectivity index (χ1v) is 9.39. The fourth-order valence-corrected chi connectivity index (χ4v) is 3.70. The Bertz CT molecular complexity index is 945. The van der Waals surface area contributed by atoms with Crippen LogP contribution in [0.25, 0.3) is 10.9 Å². The van der Waals surface area contributed by atoms with Crippen molar-refractivity contribution in [2.24, 2.45) is 5.73 Å². The molecule has 1 saturated heterocycles. The summed E-state index contributed by atoms with van der Waals surface area (Å²) in [6.45, 7) is 2.14. The predicted octanol–water partition coefficient (Wildman–Crippen LogP) is 2.92. The Balaban J connectivity index is 1.67. The van der Waals surface area contributed by atoms with Crippen LogP contribution in [0.4, 0.5) is 11.5 Å². The lowest BCUT2D eigenvalue weighted by Crippen LogP contribution is -2.50. The molecule has 1 fully saturated rings. The summed E-state index contributed by atoms with van der Waals surface area (Å²) in [6.07, 6.45) is 1.85. The molecule has 6 nitrogen and oxygen atoms in total. The Hall–Kier alpha value is -2.25. The van der Waals surface area contributed by atoms with Gasteiger partial charge in [0.2, 0.25) is 0 Å². The number of nitrogens with two attached hydrogens (primary N) is 1. The van der Waals surface area contributed by atoms with Gasteiger partial charge in [-0.15, -0.1) is 0 Å². The van der Waals surface area contributed by atoms with Gasteiger partial charge in [-0.2, -0.15) is 0 Å². The summed E-state index contributed by atoms with van der Waals surface area (Å²) < 4.78 is 0. The van der Waals surface area contributed by atoms with Gasteiger partial charge >= 0.3 is 0 Å². The summed E-state index contributed by atoms with van der Waals surface area (Å²) in [5, 5.41) is 15.1. The summed E-state index contributed by atoms with van der Waals surface area (Å²) >= 11 is 6.10. The van der Waals surface area contributed by atoms with Crippen LogP contribution in [0.3, 0.4) is 0 Å². The molecule has 2 atom stereocenters. The van der Waals surface area contributed by atoms with Gasteiger partial charge in [-0.1, -0.05) is 29.8 Å². The van der Waals surface area contributed by atoms with Gasteiger partial charge in [0, 0.05) is 41.8 Å². The summed E-state index contributed by atoms with van der Waals surface area (Å²) in [4.78, 5) is 11.1. The maximum absolute atomic E-state index is 10.1. The van der Waals surface area contributed by atoms with Crippen LogP contribution in [0.15, 0.2) is 48.8 Å². The van der Waals surface area contributed by atoms with Crippen molar-refractivity contribution in [2.45, 2.75) is 25.1 Å². The zero-order chi connectivity index (χ0) is 18.8. The van der Waals surface area contributed by atoms with E-state index in [0.717, 1.165) is 40.9 Å². The molecule has 0 spiro atoms. The topological polar surface area (TPSA) is 87.3 Å². The number of anilines is 2. The van der Waals surface area contributed by atoms with Crippen LogP contribution in [0.5, 0.6) is 0 Å². The third-order valence-corrected chi connectivity index (χ3v) is 5.18. The Kier molecular flexibility index (Phi) is 5.22. The van der Waals surface area contributed by atoms with Gasteiger partial charge in [0.05, 0.1) is 11.6 Å². The Morgan fingerprint density at radius 1 is 1.22 bits per heavy atom. The van der Waals surface area contributed by atoms with Gasteiger partial charge in [0.1, 0.15) is 12.1 Å². The Morgan fingerprint density at radius 3 is 2.89 bits per heavy atom. The second-order valence-corrected chi connectivity index (χ2v) is 7.36. The molecule has 4 N–H and O–H groups in total. The summed E-state index contributed by atoms with van der Waals surface area (Å²) in [5.41, 5.74) is 8.79. The minimum atomic E-state index is -0.492. The monoisotopic (exact) mass is 383 g/mol. The number of rotatable bonds is 4. The molecule has 0 amide bonds. The molecule has 0 radical (unpaired) electrons. The van der Waals surface area contributed by atoms with Gasteiger partial charge in [0.25, 0.3) is 0 Å². The first-order chi connectivity index (χ1) is 13.1. The number of hydrogen-bond acceptors (Lipinski definition) is 6. The van der Waals surface area contributed by atoms with Crippen molar-refractivity contribution in [1.82, 2.24) is 14.9 Å². The van der Waals surface area contributed by atoms with E-state index in [1.807, 2.05) is 36.4 Å². The highest BCUT2D eigenvalue weighted by Crippen LogP contribution is 2.28. The second kappa shape index (κ2) is 7.78. The van der Waals surface area contributed by atoms with Crippen molar-refractivity contribution in [2.75, 3.05) is 18.4 Å². The number of piperidine rings is 1. The van der Waals surface area contributed by atoms with Crippen LogP contribution in [0.2, 0.25) is 5.02 Å². The third-order valence-electron chi connectivity index (χ3n) is 4.95. The predicted molar refractivity (Wildman–Crippen MR) is 108 cm³/mol. The van der Waals surface area contributed by atoms with Crippen LogP contribution in [-0.2, 0) is 6.54 Å². The van der Waals surface area contributed by atoms with Crippen molar-refractivity contribution in [3.8, 4) is 0 Å². The number of likely N-dealkylation sites (tertiary alicyclic amines) is 1. The molecule has 4 rings (SSSR count). The Morgan fingerprint density at radius 2 is 2.07 bits per heavy atom. The van der Waals surface area contributed by atoms with Crippen LogP contribution >= 0.6 is 11.6 Å². The van der Waals surface area contributed by atoms with E-state index in [0.29, 0.717) is 18.1 Å². The number of nitrogens with zero attached hydrogens (tertiary/aromatic N) is 3. The number of aliphatic hydroxyl groups excluding tert-OH is 1. The zero-order valence-electron chi connectivity index (χ0n) is 14.8. The highest BCUT2D eigenvalue weighted by atomic mass is 35.5. The number of halogens is 1. The number of nitrogens with one attached hydrogen (secondary N) is 1. The van der Waals surface area contributed by atoms with Crippen LogP contribution in [-0.4, -0.2) is 45.2 Å². The van der Waals surface area contributed by atoms with Gasteiger partial charge in [-0.3, -0.25) is 4.90 Å². The highest BCUT2D eigenvalue weighted by Gasteiger charge is 2.25. The molecule has 140 valence electrons. The molecular weight excluding hydrogens is 362 g/mol.